The molecule has 60 valence electrons. The molecular weight excluding hydrogens is 222 g/mol. The summed E-state index contributed by atoms with van der Waals surface area (Å²) in [5.74, 6) is 0. The Morgan fingerprint density at radius 1 is 1.27 bits per heavy atom. The fraction of sp³-hybridized carbons (Fsp3) is 0.250. The molecule has 0 atom stereocenters. The lowest BCUT2D eigenvalue weighted by atomic mass is 10.2. The van der Waals surface area contributed by atoms with Crippen LogP contribution in [-0.4, -0.2) is 5.33 Å². The molecule has 0 bridgehead atoms. The summed E-state index contributed by atoms with van der Waals surface area (Å²) >= 11 is 4.68. The maximum Gasteiger partial charge on any atom is 0.0226 e. The SMILES string of the molecule is NSc1ccc(CCBr)cc1. The molecule has 11 heavy (non-hydrogen) atoms. The number of nitrogens with two attached hydrogens (primary N) is 1. The minimum Gasteiger partial charge on any atom is -0.274 e. The van der Waals surface area contributed by atoms with Crippen molar-refractivity contribution in [2.45, 2.75) is 11.3 Å². The Balaban J connectivity index is 2.66. The molecule has 0 saturated heterocycles. The minimum atomic E-state index is 1.02. The van der Waals surface area contributed by atoms with E-state index in [1.165, 1.54) is 17.5 Å². The van der Waals surface area contributed by atoms with Crippen molar-refractivity contribution in [2.75, 3.05) is 5.33 Å². The van der Waals surface area contributed by atoms with Crippen LogP contribution in [0.5, 0.6) is 0 Å². The maximum atomic E-state index is 5.38. The van der Waals surface area contributed by atoms with Gasteiger partial charge in [-0.25, -0.2) is 0 Å². The quantitative estimate of drug-likeness (QED) is 0.640. The molecule has 1 aromatic carbocycles. The molecule has 0 radical (unpaired) electrons. The fourth-order valence-corrected chi connectivity index (χ4v) is 1.59. The van der Waals surface area contributed by atoms with E-state index in [4.69, 9.17) is 5.14 Å². The van der Waals surface area contributed by atoms with Crippen molar-refractivity contribution in [1.82, 2.24) is 0 Å². The second-order valence-corrected chi connectivity index (χ2v) is 3.70. The molecular formula is C8H10BrNS. The average Bonchev–Trinajstić information content (AvgIpc) is 2.07. The average molecular weight is 232 g/mol. The molecule has 0 amide bonds. The van der Waals surface area contributed by atoms with Gasteiger partial charge in [0.05, 0.1) is 0 Å². The Labute approximate surface area is 79.6 Å². The van der Waals surface area contributed by atoms with E-state index in [1.54, 1.807) is 0 Å². The van der Waals surface area contributed by atoms with E-state index in [0.29, 0.717) is 0 Å². The lowest BCUT2D eigenvalue weighted by molar-refractivity contribution is 1.16. The van der Waals surface area contributed by atoms with Gasteiger partial charge in [-0.2, -0.15) is 0 Å². The number of hydrogen-bond acceptors (Lipinski definition) is 2. The van der Waals surface area contributed by atoms with Crippen molar-refractivity contribution in [3.8, 4) is 0 Å². The Morgan fingerprint density at radius 2 is 1.91 bits per heavy atom. The molecule has 0 fully saturated rings. The first kappa shape index (κ1) is 9.10. The third-order valence-electron chi connectivity index (χ3n) is 1.44. The molecule has 0 saturated carbocycles. The van der Waals surface area contributed by atoms with Gasteiger partial charge in [-0.3, -0.25) is 5.14 Å². The van der Waals surface area contributed by atoms with Gasteiger partial charge in [0.25, 0.3) is 0 Å². The number of benzene rings is 1. The van der Waals surface area contributed by atoms with Crippen LogP contribution in [0.4, 0.5) is 0 Å². The van der Waals surface area contributed by atoms with Crippen LogP contribution in [0.2, 0.25) is 0 Å². The molecule has 0 aliphatic heterocycles. The number of alkyl halides is 1. The van der Waals surface area contributed by atoms with E-state index >= 15 is 0 Å². The van der Waals surface area contributed by atoms with E-state index in [9.17, 15) is 0 Å². The van der Waals surface area contributed by atoms with Crippen molar-refractivity contribution in [1.29, 1.82) is 0 Å². The second kappa shape index (κ2) is 4.80. The van der Waals surface area contributed by atoms with Gasteiger partial charge in [0.1, 0.15) is 0 Å². The molecule has 1 aromatic rings. The number of halogens is 1. The van der Waals surface area contributed by atoms with Crippen LogP contribution in [-0.2, 0) is 6.42 Å². The monoisotopic (exact) mass is 231 g/mol. The van der Waals surface area contributed by atoms with Crippen LogP contribution in [0, 0.1) is 0 Å². The lowest BCUT2D eigenvalue weighted by Gasteiger charge is -1.98. The van der Waals surface area contributed by atoms with E-state index in [0.717, 1.165) is 16.6 Å². The molecule has 2 N–H and O–H groups in total. The van der Waals surface area contributed by atoms with Crippen molar-refractivity contribution < 1.29 is 0 Å². The molecule has 0 heterocycles. The first-order chi connectivity index (χ1) is 5.36. The van der Waals surface area contributed by atoms with Gasteiger partial charge in [0.2, 0.25) is 0 Å². The van der Waals surface area contributed by atoms with Gasteiger partial charge in [-0.1, -0.05) is 28.1 Å². The minimum absolute atomic E-state index is 1.02. The van der Waals surface area contributed by atoms with Gasteiger partial charge >= 0.3 is 0 Å². The first-order valence-electron chi connectivity index (χ1n) is 3.38. The third kappa shape index (κ3) is 2.85. The molecule has 0 aliphatic carbocycles. The van der Waals surface area contributed by atoms with Crippen LogP contribution in [0.3, 0.4) is 0 Å². The lowest BCUT2D eigenvalue weighted by Crippen LogP contribution is -1.85. The van der Waals surface area contributed by atoms with Crippen LogP contribution in [0.25, 0.3) is 0 Å². The summed E-state index contributed by atoms with van der Waals surface area (Å²) in [6.07, 6.45) is 1.08. The Kier molecular flexibility index (Phi) is 3.97. The highest BCUT2D eigenvalue weighted by Gasteiger charge is 1.91. The molecule has 3 heteroatoms. The van der Waals surface area contributed by atoms with Crippen molar-refractivity contribution in [2.24, 2.45) is 5.14 Å². The van der Waals surface area contributed by atoms with Crippen molar-refractivity contribution in [3.63, 3.8) is 0 Å². The number of hydrogen-bond donors (Lipinski definition) is 1. The molecule has 0 aliphatic rings. The van der Waals surface area contributed by atoms with Crippen LogP contribution >= 0.6 is 27.9 Å². The standard InChI is InChI=1S/C8H10BrNS/c9-6-5-7-1-3-8(11-10)4-2-7/h1-4H,5-6,10H2. The highest BCUT2D eigenvalue weighted by Crippen LogP contribution is 2.12. The van der Waals surface area contributed by atoms with Crippen molar-refractivity contribution in [3.05, 3.63) is 29.8 Å². The molecule has 0 aromatic heterocycles. The smallest absolute Gasteiger partial charge is 0.0226 e. The normalized spacial score (nSPS) is 10.0. The Bertz CT molecular complexity index is 210. The fourth-order valence-electron chi connectivity index (χ4n) is 0.844. The van der Waals surface area contributed by atoms with E-state index in [2.05, 4.69) is 28.1 Å². The van der Waals surface area contributed by atoms with Gasteiger partial charge in [0.15, 0.2) is 0 Å². The van der Waals surface area contributed by atoms with Gasteiger partial charge in [-0.15, -0.1) is 0 Å². The predicted octanol–water partition coefficient (Wildman–Crippen LogP) is 2.59. The summed E-state index contributed by atoms with van der Waals surface area (Å²) in [4.78, 5) is 1.11. The van der Waals surface area contributed by atoms with Crippen molar-refractivity contribution >= 4 is 27.9 Å². The molecule has 0 unspecified atom stereocenters. The Morgan fingerprint density at radius 3 is 2.36 bits per heavy atom. The van der Waals surface area contributed by atoms with E-state index in [-0.39, 0.29) is 0 Å². The summed E-state index contributed by atoms with van der Waals surface area (Å²) in [7, 11) is 0. The van der Waals surface area contributed by atoms with Crippen LogP contribution in [0.15, 0.2) is 29.2 Å². The zero-order chi connectivity index (χ0) is 8.10. The molecule has 0 spiro atoms. The number of rotatable bonds is 3. The topological polar surface area (TPSA) is 26.0 Å². The first-order valence-corrected chi connectivity index (χ1v) is 5.38. The predicted molar refractivity (Wildman–Crippen MR) is 54.0 cm³/mol. The zero-order valence-electron chi connectivity index (χ0n) is 6.09. The Hall–Kier alpha value is 0.01000. The second-order valence-electron chi connectivity index (χ2n) is 2.20. The molecule has 1 nitrogen and oxygen atoms in total. The van der Waals surface area contributed by atoms with E-state index < -0.39 is 0 Å². The summed E-state index contributed by atoms with van der Waals surface area (Å²) in [6, 6.07) is 8.30. The van der Waals surface area contributed by atoms with Gasteiger partial charge in [0, 0.05) is 10.2 Å². The summed E-state index contributed by atoms with van der Waals surface area (Å²) in [5.41, 5.74) is 1.35. The zero-order valence-corrected chi connectivity index (χ0v) is 8.49. The summed E-state index contributed by atoms with van der Waals surface area (Å²) < 4.78 is 0. The highest BCUT2D eigenvalue weighted by molar-refractivity contribution is 9.09. The van der Waals surface area contributed by atoms with E-state index in [1.807, 2.05) is 12.1 Å². The molecule has 1 rings (SSSR count). The summed E-state index contributed by atoms with van der Waals surface area (Å²) in [5, 5.41) is 6.40. The number of aryl methyl sites for hydroxylation is 1. The van der Waals surface area contributed by atoms with Gasteiger partial charge < -0.3 is 0 Å². The van der Waals surface area contributed by atoms with Gasteiger partial charge in [-0.05, 0) is 36.1 Å². The highest BCUT2D eigenvalue weighted by atomic mass is 79.9. The third-order valence-corrected chi connectivity index (χ3v) is 2.38. The maximum absolute atomic E-state index is 5.38. The van der Waals surface area contributed by atoms with Crippen LogP contribution < -0.4 is 5.14 Å². The van der Waals surface area contributed by atoms with Crippen LogP contribution in [0.1, 0.15) is 5.56 Å². The largest absolute Gasteiger partial charge is 0.274 e. The summed E-state index contributed by atoms with van der Waals surface area (Å²) in [6.45, 7) is 0.